The van der Waals surface area contributed by atoms with Crippen LogP contribution in [0, 0.1) is 0 Å². The average molecular weight is 475 g/mol. The molecule has 154 valence electrons. The fourth-order valence-electron chi connectivity index (χ4n) is 3.21. The maximum atomic E-state index is 13.0. The number of aromatic nitrogens is 2. The molecule has 1 amide bonds. The standard InChI is InChI=1S/C24H19BrN4O2/c1-16(18-11-13-19(25)14-12-18)26-27-23(30)22-20-9-5-6-10-21(20)24(31)29(28-22)15-17-7-3-2-4-8-17/h2-14H,15H2,1H3,(H,27,30)/b26-16+. The zero-order valence-electron chi connectivity index (χ0n) is 16.7. The molecule has 1 N–H and O–H groups in total. The number of nitrogens with zero attached hydrogens (tertiary/aromatic N) is 3. The van der Waals surface area contributed by atoms with E-state index >= 15 is 0 Å². The van der Waals surface area contributed by atoms with Gasteiger partial charge in [0.2, 0.25) is 0 Å². The Labute approximate surface area is 187 Å². The van der Waals surface area contributed by atoms with Crippen LogP contribution in [0.25, 0.3) is 10.8 Å². The lowest BCUT2D eigenvalue weighted by molar-refractivity contribution is 0.0949. The second-order valence-corrected chi connectivity index (χ2v) is 7.90. The Morgan fingerprint density at radius 2 is 1.61 bits per heavy atom. The molecule has 3 aromatic carbocycles. The van der Waals surface area contributed by atoms with Crippen LogP contribution in [-0.4, -0.2) is 21.4 Å². The minimum Gasteiger partial charge on any atom is -0.267 e. The Bertz CT molecular complexity index is 1330. The second kappa shape index (κ2) is 9.06. The number of rotatable bonds is 5. The number of amides is 1. The normalized spacial score (nSPS) is 11.5. The van der Waals surface area contributed by atoms with Gasteiger partial charge >= 0.3 is 0 Å². The SMILES string of the molecule is C/C(=N\NC(=O)c1nn(Cc2ccccc2)c(=O)c2ccccc12)c1ccc(Br)cc1. The maximum absolute atomic E-state index is 13.0. The molecule has 0 saturated carbocycles. The Morgan fingerprint density at radius 1 is 0.968 bits per heavy atom. The topological polar surface area (TPSA) is 76.3 Å². The second-order valence-electron chi connectivity index (χ2n) is 6.99. The predicted octanol–water partition coefficient (Wildman–Crippen LogP) is 4.36. The van der Waals surface area contributed by atoms with Gasteiger partial charge in [0, 0.05) is 9.86 Å². The number of carbonyl (C=O) groups is 1. The molecule has 1 aromatic heterocycles. The summed E-state index contributed by atoms with van der Waals surface area (Å²) in [6.45, 7) is 2.08. The molecule has 0 bridgehead atoms. The lowest BCUT2D eigenvalue weighted by atomic mass is 10.1. The third kappa shape index (κ3) is 4.62. The highest BCUT2D eigenvalue weighted by Crippen LogP contribution is 2.14. The van der Waals surface area contributed by atoms with Crippen LogP contribution >= 0.6 is 15.9 Å². The van der Waals surface area contributed by atoms with E-state index in [0.29, 0.717) is 16.5 Å². The number of hydrogen-bond acceptors (Lipinski definition) is 4. The number of nitrogens with one attached hydrogen (secondary N) is 1. The van der Waals surface area contributed by atoms with Gasteiger partial charge in [-0.2, -0.15) is 10.2 Å². The van der Waals surface area contributed by atoms with E-state index in [9.17, 15) is 9.59 Å². The van der Waals surface area contributed by atoms with E-state index in [-0.39, 0.29) is 17.8 Å². The summed E-state index contributed by atoms with van der Waals surface area (Å²) in [5, 5.41) is 9.52. The van der Waals surface area contributed by atoms with Crippen molar-refractivity contribution in [2.24, 2.45) is 5.10 Å². The van der Waals surface area contributed by atoms with E-state index in [4.69, 9.17) is 0 Å². The molecule has 4 rings (SSSR count). The van der Waals surface area contributed by atoms with Crippen LogP contribution in [0.3, 0.4) is 0 Å². The van der Waals surface area contributed by atoms with Gasteiger partial charge in [-0.25, -0.2) is 10.1 Å². The molecule has 0 aliphatic rings. The van der Waals surface area contributed by atoms with Crippen molar-refractivity contribution in [1.82, 2.24) is 15.2 Å². The van der Waals surface area contributed by atoms with Crippen molar-refractivity contribution in [3.63, 3.8) is 0 Å². The van der Waals surface area contributed by atoms with Gasteiger partial charge in [-0.15, -0.1) is 0 Å². The molecule has 0 aliphatic carbocycles. The highest BCUT2D eigenvalue weighted by molar-refractivity contribution is 9.10. The van der Waals surface area contributed by atoms with E-state index in [1.54, 1.807) is 24.3 Å². The Balaban J connectivity index is 1.69. The van der Waals surface area contributed by atoms with Crippen molar-refractivity contribution in [2.75, 3.05) is 0 Å². The minimum atomic E-state index is -0.477. The molecular weight excluding hydrogens is 456 g/mol. The van der Waals surface area contributed by atoms with E-state index in [1.807, 2.05) is 61.5 Å². The highest BCUT2D eigenvalue weighted by Gasteiger charge is 2.16. The summed E-state index contributed by atoms with van der Waals surface area (Å²) < 4.78 is 2.28. The van der Waals surface area contributed by atoms with Crippen LogP contribution in [0.1, 0.15) is 28.5 Å². The zero-order chi connectivity index (χ0) is 21.8. The lowest BCUT2D eigenvalue weighted by Gasteiger charge is -2.10. The van der Waals surface area contributed by atoms with Gasteiger partial charge in [0.1, 0.15) is 0 Å². The fourth-order valence-corrected chi connectivity index (χ4v) is 3.47. The number of hydrazone groups is 1. The maximum Gasteiger partial charge on any atom is 0.292 e. The first-order chi connectivity index (χ1) is 15.0. The average Bonchev–Trinajstić information content (AvgIpc) is 2.80. The van der Waals surface area contributed by atoms with Crippen LogP contribution < -0.4 is 11.0 Å². The molecule has 0 saturated heterocycles. The molecule has 7 heteroatoms. The third-order valence-electron chi connectivity index (χ3n) is 4.85. The number of fused-ring (bicyclic) bond motifs is 1. The van der Waals surface area contributed by atoms with Crippen molar-refractivity contribution in [1.29, 1.82) is 0 Å². The summed E-state index contributed by atoms with van der Waals surface area (Å²) in [6.07, 6.45) is 0. The monoisotopic (exact) mass is 474 g/mol. The Kier molecular flexibility index (Phi) is 6.04. The Morgan fingerprint density at radius 3 is 2.32 bits per heavy atom. The number of benzene rings is 3. The highest BCUT2D eigenvalue weighted by atomic mass is 79.9. The zero-order valence-corrected chi connectivity index (χ0v) is 18.3. The molecule has 0 fully saturated rings. The first-order valence-corrected chi connectivity index (χ1v) is 10.5. The molecule has 31 heavy (non-hydrogen) atoms. The summed E-state index contributed by atoms with van der Waals surface area (Å²) in [7, 11) is 0. The van der Waals surface area contributed by atoms with Gasteiger partial charge in [-0.05, 0) is 36.2 Å². The molecule has 0 aliphatic heterocycles. The summed E-state index contributed by atoms with van der Waals surface area (Å²) in [5.41, 5.74) is 4.94. The minimum absolute atomic E-state index is 0.151. The first kappa shape index (κ1) is 20.7. The molecule has 0 radical (unpaired) electrons. The van der Waals surface area contributed by atoms with Crippen LogP contribution in [0.4, 0.5) is 0 Å². The number of halogens is 1. The van der Waals surface area contributed by atoms with E-state index in [0.717, 1.165) is 15.6 Å². The largest absolute Gasteiger partial charge is 0.292 e. The molecule has 6 nitrogen and oxygen atoms in total. The van der Waals surface area contributed by atoms with Crippen molar-refractivity contribution in [3.8, 4) is 0 Å². The van der Waals surface area contributed by atoms with Crippen molar-refractivity contribution in [3.05, 3.63) is 111 Å². The van der Waals surface area contributed by atoms with Crippen molar-refractivity contribution < 1.29 is 4.79 Å². The lowest BCUT2D eigenvalue weighted by Crippen LogP contribution is -2.29. The molecule has 4 aromatic rings. The van der Waals surface area contributed by atoms with Gasteiger partial charge in [-0.1, -0.05) is 76.6 Å². The molecule has 0 spiro atoms. The molecule has 0 unspecified atom stereocenters. The summed E-state index contributed by atoms with van der Waals surface area (Å²) in [4.78, 5) is 25.9. The first-order valence-electron chi connectivity index (χ1n) is 9.67. The van der Waals surface area contributed by atoms with Crippen LogP contribution in [-0.2, 0) is 6.54 Å². The number of hydrogen-bond donors (Lipinski definition) is 1. The molecule has 1 heterocycles. The van der Waals surface area contributed by atoms with Gasteiger partial charge < -0.3 is 0 Å². The fraction of sp³-hybridized carbons (Fsp3) is 0.0833. The van der Waals surface area contributed by atoms with Crippen molar-refractivity contribution in [2.45, 2.75) is 13.5 Å². The van der Waals surface area contributed by atoms with Crippen LogP contribution in [0.5, 0.6) is 0 Å². The van der Waals surface area contributed by atoms with Gasteiger partial charge in [0.05, 0.1) is 17.6 Å². The Hall–Kier alpha value is -3.58. The van der Waals surface area contributed by atoms with Gasteiger partial charge in [-0.3, -0.25) is 9.59 Å². The van der Waals surface area contributed by atoms with E-state index < -0.39 is 5.91 Å². The summed E-state index contributed by atoms with van der Waals surface area (Å²) in [5.74, 6) is -0.477. The third-order valence-corrected chi connectivity index (χ3v) is 5.37. The molecule has 0 atom stereocenters. The van der Waals surface area contributed by atoms with E-state index in [2.05, 4.69) is 31.6 Å². The quantitative estimate of drug-likeness (QED) is 0.344. The smallest absolute Gasteiger partial charge is 0.267 e. The van der Waals surface area contributed by atoms with E-state index in [1.165, 1.54) is 4.68 Å². The van der Waals surface area contributed by atoms with Crippen LogP contribution in [0.2, 0.25) is 0 Å². The summed E-state index contributed by atoms with van der Waals surface area (Å²) in [6, 6.07) is 24.1. The van der Waals surface area contributed by atoms with Crippen LogP contribution in [0.15, 0.2) is 93.2 Å². The van der Waals surface area contributed by atoms with Crippen molar-refractivity contribution >= 4 is 38.3 Å². The summed E-state index contributed by atoms with van der Waals surface area (Å²) >= 11 is 3.40. The van der Waals surface area contributed by atoms with Gasteiger partial charge in [0.25, 0.3) is 11.5 Å². The molecular formula is C24H19BrN4O2. The predicted molar refractivity (Wildman–Crippen MR) is 125 cm³/mol. The number of carbonyl (C=O) groups excluding carboxylic acids is 1. The van der Waals surface area contributed by atoms with Gasteiger partial charge in [0.15, 0.2) is 5.69 Å².